The third kappa shape index (κ3) is 2.76. The molecule has 1 aromatic rings. The molecule has 0 spiro atoms. The Labute approximate surface area is 94.4 Å². The summed E-state index contributed by atoms with van der Waals surface area (Å²) in [6, 6.07) is 5.21. The third-order valence-electron chi connectivity index (χ3n) is 2.03. The van der Waals surface area contributed by atoms with E-state index in [2.05, 4.69) is 4.74 Å². The van der Waals surface area contributed by atoms with Gasteiger partial charge in [0.2, 0.25) is 0 Å². The first-order valence-corrected chi connectivity index (χ1v) is 4.68. The molecule has 0 aliphatic heterocycles. The molecule has 0 aromatic heterocycles. The number of carbonyl (C=O) groups excluding carboxylic acids is 1. The third-order valence-corrected chi connectivity index (χ3v) is 2.03. The van der Waals surface area contributed by atoms with Crippen molar-refractivity contribution in [3.63, 3.8) is 0 Å². The number of hydrogen-bond acceptors (Lipinski definition) is 4. The quantitative estimate of drug-likeness (QED) is 0.578. The molecule has 16 heavy (non-hydrogen) atoms. The van der Waals surface area contributed by atoms with Crippen molar-refractivity contribution in [3.05, 3.63) is 35.6 Å². The van der Waals surface area contributed by atoms with E-state index in [1.165, 1.54) is 20.5 Å². The second-order valence-electron chi connectivity index (χ2n) is 2.99. The zero-order valence-corrected chi connectivity index (χ0v) is 9.52. The van der Waals surface area contributed by atoms with Gasteiger partial charge in [-0.1, -0.05) is 6.07 Å². The first-order valence-electron chi connectivity index (χ1n) is 4.68. The zero-order valence-electron chi connectivity index (χ0n) is 9.52. The molecule has 0 unspecified atom stereocenters. The van der Waals surface area contributed by atoms with Crippen molar-refractivity contribution in [1.29, 1.82) is 0 Å². The van der Waals surface area contributed by atoms with Crippen molar-refractivity contribution >= 4 is 12.0 Å². The lowest BCUT2D eigenvalue weighted by Gasteiger charge is -2.07. The van der Waals surface area contributed by atoms with Crippen molar-refractivity contribution in [2.75, 3.05) is 21.3 Å². The lowest BCUT2D eigenvalue weighted by Crippen LogP contribution is -2.04. The topological polar surface area (TPSA) is 44.8 Å². The fourth-order valence-electron chi connectivity index (χ4n) is 1.25. The summed E-state index contributed by atoms with van der Waals surface area (Å²) in [5, 5.41) is 0. The lowest BCUT2D eigenvalue weighted by atomic mass is 10.1. The Balaban J connectivity index is 3.10. The molecule has 0 bridgehead atoms. The summed E-state index contributed by atoms with van der Waals surface area (Å²) < 4.78 is 14.5. The largest absolute Gasteiger partial charge is 0.504 e. The van der Waals surface area contributed by atoms with E-state index in [1.807, 2.05) is 6.07 Å². The van der Waals surface area contributed by atoms with Crippen LogP contribution in [0.3, 0.4) is 0 Å². The molecule has 0 aliphatic carbocycles. The van der Waals surface area contributed by atoms with Gasteiger partial charge in [0.05, 0.1) is 27.6 Å². The molecule has 0 atom stereocenters. The number of methoxy groups -OCH3 is 3. The van der Waals surface area contributed by atoms with Gasteiger partial charge in [-0.3, -0.25) is 0 Å². The molecular formula is C12H14O4. The maximum absolute atomic E-state index is 11.5. The van der Waals surface area contributed by atoms with Gasteiger partial charge < -0.3 is 14.2 Å². The van der Waals surface area contributed by atoms with Crippen LogP contribution in [-0.4, -0.2) is 27.3 Å². The van der Waals surface area contributed by atoms with Crippen LogP contribution in [0.5, 0.6) is 5.75 Å². The molecule has 0 fully saturated rings. The molecule has 4 nitrogen and oxygen atoms in total. The first kappa shape index (κ1) is 12.1. The smallest absolute Gasteiger partial charge is 0.341 e. The van der Waals surface area contributed by atoms with Crippen molar-refractivity contribution in [2.45, 2.75) is 0 Å². The highest BCUT2D eigenvalue weighted by Gasteiger charge is 2.12. The lowest BCUT2D eigenvalue weighted by molar-refractivity contribution is 0.0597. The summed E-state index contributed by atoms with van der Waals surface area (Å²) in [5.74, 6) is 0.0610. The van der Waals surface area contributed by atoms with Crippen LogP contribution >= 0.6 is 0 Å². The highest BCUT2D eigenvalue weighted by atomic mass is 16.5. The van der Waals surface area contributed by atoms with Crippen LogP contribution in [0.2, 0.25) is 0 Å². The van der Waals surface area contributed by atoms with Gasteiger partial charge in [-0.05, 0) is 23.8 Å². The number of carbonyl (C=O) groups is 1. The summed E-state index contributed by atoms with van der Waals surface area (Å²) in [7, 11) is 4.40. The monoisotopic (exact) mass is 222 g/mol. The van der Waals surface area contributed by atoms with E-state index in [0.29, 0.717) is 11.3 Å². The Kier molecular flexibility index (Phi) is 4.39. The maximum Gasteiger partial charge on any atom is 0.341 e. The van der Waals surface area contributed by atoms with E-state index < -0.39 is 5.97 Å². The van der Waals surface area contributed by atoms with Crippen molar-refractivity contribution in [1.82, 2.24) is 0 Å². The zero-order chi connectivity index (χ0) is 12.0. The minimum Gasteiger partial charge on any atom is -0.504 e. The van der Waals surface area contributed by atoms with Crippen LogP contribution in [0.4, 0.5) is 0 Å². The standard InChI is InChI=1S/C12H14O4/c1-14-7-6-9-4-5-11(15-2)10(8-9)12(13)16-3/h4-8H,1-3H3. The SMILES string of the molecule is COC=Cc1ccc(OC)c(C(=O)OC)c1. The summed E-state index contributed by atoms with van der Waals surface area (Å²) >= 11 is 0. The van der Waals surface area contributed by atoms with Gasteiger partial charge in [-0.2, -0.15) is 0 Å². The molecule has 0 N–H and O–H groups in total. The minimum absolute atomic E-state index is 0.392. The van der Waals surface area contributed by atoms with Gasteiger partial charge in [0, 0.05) is 0 Å². The molecule has 0 radical (unpaired) electrons. The highest BCUT2D eigenvalue weighted by molar-refractivity contribution is 5.93. The van der Waals surface area contributed by atoms with Crippen molar-refractivity contribution in [2.24, 2.45) is 0 Å². The first-order chi connectivity index (χ1) is 7.72. The van der Waals surface area contributed by atoms with Crippen LogP contribution in [0.1, 0.15) is 15.9 Å². The van der Waals surface area contributed by atoms with Gasteiger partial charge in [0.1, 0.15) is 11.3 Å². The summed E-state index contributed by atoms with van der Waals surface area (Å²) in [4.78, 5) is 11.5. The molecule has 0 heterocycles. The van der Waals surface area contributed by atoms with Crippen molar-refractivity contribution in [3.8, 4) is 5.75 Å². The predicted octanol–water partition coefficient (Wildman–Crippen LogP) is 2.10. The Morgan fingerprint density at radius 3 is 2.56 bits per heavy atom. The highest BCUT2D eigenvalue weighted by Crippen LogP contribution is 2.21. The molecule has 0 saturated heterocycles. The van der Waals surface area contributed by atoms with Gasteiger partial charge in [-0.15, -0.1) is 0 Å². The van der Waals surface area contributed by atoms with Crippen LogP contribution < -0.4 is 4.74 Å². The van der Waals surface area contributed by atoms with E-state index in [9.17, 15) is 4.79 Å². The molecule has 4 heteroatoms. The number of hydrogen-bond donors (Lipinski definition) is 0. The Hall–Kier alpha value is -1.97. The second-order valence-corrected chi connectivity index (χ2v) is 2.99. The van der Waals surface area contributed by atoms with Gasteiger partial charge in [0.15, 0.2) is 0 Å². The number of ether oxygens (including phenoxy) is 3. The van der Waals surface area contributed by atoms with E-state index in [-0.39, 0.29) is 0 Å². The van der Waals surface area contributed by atoms with Crippen LogP contribution in [-0.2, 0) is 9.47 Å². The molecule has 86 valence electrons. The molecule has 0 aliphatic rings. The van der Waals surface area contributed by atoms with Crippen LogP contribution in [0.15, 0.2) is 24.5 Å². The summed E-state index contributed by atoms with van der Waals surface area (Å²) in [5.41, 5.74) is 1.23. The molecule has 1 aromatic carbocycles. The molecule has 1 rings (SSSR count). The van der Waals surface area contributed by atoms with Gasteiger partial charge >= 0.3 is 5.97 Å². The van der Waals surface area contributed by atoms with Gasteiger partial charge in [-0.25, -0.2) is 4.79 Å². The summed E-state index contributed by atoms with van der Waals surface area (Å²) in [6.45, 7) is 0. The molecular weight excluding hydrogens is 208 g/mol. The normalized spacial score (nSPS) is 10.2. The molecule has 0 amide bonds. The van der Waals surface area contributed by atoms with E-state index in [0.717, 1.165) is 5.56 Å². The van der Waals surface area contributed by atoms with Crippen LogP contribution in [0, 0.1) is 0 Å². The fourth-order valence-corrected chi connectivity index (χ4v) is 1.25. The van der Waals surface area contributed by atoms with Crippen LogP contribution in [0.25, 0.3) is 6.08 Å². The Morgan fingerprint density at radius 2 is 2.00 bits per heavy atom. The van der Waals surface area contributed by atoms with Crippen molar-refractivity contribution < 1.29 is 19.0 Å². The average Bonchev–Trinajstić information content (AvgIpc) is 2.35. The van der Waals surface area contributed by atoms with Gasteiger partial charge in [0.25, 0.3) is 0 Å². The molecule has 0 saturated carbocycles. The van der Waals surface area contributed by atoms with E-state index >= 15 is 0 Å². The number of esters is 1. The number of rotatable bonds is 4. The Bertz CT molecular complexity index is 396. The average molecular weight is 222 g/mol. The second kappa shape index (κ2) is 5.80. The predicted molar refractivity (Wildman–Crippen MR) is 60.4 cm³/mol. The summed E-state index contributed by atoms with van der Waals surface area (Å²) in [6.07, 6.45) is 3.27. The number of benzene rings is 1. The fraction of sp³-hybridized carbons (Fsp3) is 0.250. The maximum atomic E-state index is 11.5. The van der Waals surface area contributed by atoms with E-state index in [1.54, 1.807) is 25.3 Å². The van der Waals surface area contributed by atoms with E-state index in [4.69, 9.17) is 9.47 Å². The Morgan fingerprint density at radius 1 is 1.25 bits per heavy atom. The minimum atomic E-state index is -0.426.